The van der Waals surface area contributed by atoms with Crippen LogP contribution in [-0.4, -0.2) is 68.5 Å². The number of carbonyl (C=O) groups is 1. The van der Waals surface area contributed by atoms with Gasteiger partial charge in [0.05, 0.1) is 39.9 Å². The predicted octanol–water partition coefficient (Wildman–Crippen LogP) is 11.8. The average Bonchev–Trinajstić information content (AvgIpc) is 3.15. The molecule has 0 heterocycles. The standard InChI is InChI=1S/C47H85N2O6P/c1-6-8-10-12-14-16-18-19-20-21-22-23-24-25-26-27-28-29-31-33-35-37-39-41-47(51)48-45(44-55-56(52,53)54-43-42-49(3,4)5)46(50)40-38-36-34-32-30-17-15-13-11-9-7-2/h8,10,14,16,19-20,22-23,25-26,28-29,45-46,50H,6-7,9,11-13,15,17-18,21,24,27,30-44H2,1-5H3,(H-,48,51,52,53)/b10-8-,16-14-,20-19-,23-22-,26-25-,29-28-. The minimum Gasteiger partial charge on any atom is -0.756 e. The van der Waals surface area contributed by atoms with E-state index < -0.39 is 20.0 Å². The fourth-order valence-electron chi connectivity index (χ4n) is 5.92. The van der Waals surface area contributed by atoms with Crippen molar-refractivity contribution in [2.45, 2.75) is 180 Å². The van der Waals surface area contributed by atoms with E-state index in [0.717, 1.165) is 89.9 Å². The second-order valence-corrected chi connectivity index (χ2v) is 17.4. The minimum absolute atomic E-state index is 0.00267. The summed E-state index contributed by atoms with van der Waals surface area (Å²) in [6.07, 6.45) is 50.5. The molecule has 0 saturated carbocycles. The number of rotatable bonds is 39. The fraction of sp³-hybridized carbons (Fsp3) is 0.723. The lowest BCUT2D eigenvalue weighted by Crippen LogP contribution is -2.46. The molecule has 0 spiro atoms. The summed E-state index contributed by atoms with van der Waals surface area (Å²) in [7, 11) is 1.27. The van der Waals surface area contributed by atoms with Crippen LogP contribution in [0, 0.1) is 0 Å². The Morgan fingerprint density at radius 3 is 1.59 bits per heavy atom. The first-order valence-electron chi connectivity index (χ1n) is 22.3. The molecule has 0 saturated heterocycles. The summed E-state index contributed by atoms with van der Waals surface area (Å²) in [5.41, 5.74) is 0. The summed E-state index contributed by atoms with van der Waals surface area (Å²) >= 11 is 0. The third kappa shape index (κ3) is 40.1. The monoisotopic (exact) mass is 805 g/mol. The molecular formula is C47H85N2O6P. The molecular weight excluding hydrogens is 719 g/mol. The fourth-order valence-corrected chi connectivity index (χ4v) is 6.65. The summed E-state index contributed by atoms with van der Waals surface area (Å²) in [5, 5.41) is 13.9. The maximum atomic E-state index is 12.9. The average molecular weight is 805 g/mol. The lowest BCUT2D eigenvalue weighted by Gasteiger charge is -2.30. The van der Waals surface area contributed by atoms with Crippen molar-refractivity contribution in [1.82, 2.24) is 5.32 Å². The van der Waals surface area contributed by atoms with Crippen LogP contribution in [-0.2, 0) is 18.4 Å². The largest absolute Gasteiger partial charge is 0.756 e. The number of quaternary nitrogens is 1. The van der Waals surface area contributed by atoms with E-state index in [1.165, 1.54) is 51.4 Å². The number of phosphoric ester groups is 1. The number of nitrogens with zero attached hydrogens (tertiary/aromatic N) is 1. The molecule has 0 bridgehead atoms. The Morgan fingerprint density at radius 2 is 1.09 bits per heavy atom. The van der Waals surface area contributed by atoms with Gasteiger partial charge in [0.25, 0.3) is 7.82 Å². The minimum atomic E-state index is -4.57. The zero-order valence-corrected chi connectivity index (χ0v) is 37.5. The Labute approximate surface area is 344 Å². The van der Waals surface area contributed by atoms with E-state index in [0.29, 0.717) is 23.9 Å². The molecule has 0 aliphatic carbocycles. The van der Waals surface area contributed by atoms with Crippen LogP contribution in [0.25, 0.3) is 0 Å². The summed E-state index contributed by atoms with van der Waals surface area (Å²) < 4.78 is 23.2. The number of nitrogens with one attached hydrogen (secondary N) is 1. The van der Waals surface area contributed by atoms with Crippen LogP contribution >= 0.6 is 7.82 Å². The Bertz CT molecular complexity index is 1140. The molecule has 0 aromatic carbocycles. The molecule has 324 valence electrons. The highest BCUT2D eigenvalue weighted by atomic mass is 31.2. The van der Waals surface area contributed by atoms with Crippen molar-refractivity contribution in [3.63, 3.8) is 0 Å². The van der Waals surface area contributed by atoms with Crippen molar-refractivity contribution in [3.05, 3.63) is 72.9 Å². The van der Waals surface area contributed by atoms with Crippen LogP contribution in [0.3, 0.4) is 0 Å². The third-order valence-corrected chi connectivity index (χ3v) is 10.4. The number of likely N-dealkylation sites (N-methyl/N-ethyl adjacent to an activating group) is 1. The maximum Gasteiger partial charge on any atom is 0.268 e. The van der Waals surface area contributed by atoms with Gasteiger partial charge in [-0.05, 0) is 64.2 Å². The highest BCUT2D eigenvalue weighted by Gasteiger charge is 2.24. The van der Waals surface area contributed by atoms with Gasteiger partial charge < -0.3 is 28.8 Å². The SMILES string of the molecule is CC/C=C\C/C=C\C/C=C\C/C=C\C/C=C\C/C=C\CCCCCCC(=O)NC(COP(=O)([O-])OCC[N+](C)(C)C)C(O)CCCCCCCCCCCCC. The van der Waals surface area contributed by atoms with Crippen molar-refractivity contribution in [3.8, 4) is 0 Å². The molecule has 3 unspecified atom stereocenters. The van der Waals surface area contributed by atoms with Gasteiger partial charge in [-0.25, -0.2) is 0 Å². The molecule has 8 nitrogen and oxygen atoms in total. The maximum absolute atomic E-state index is 12.9. The van der Waals surface area contributed by atoms with Crippen molar-refractivity contribution in [1.29, 1.82) is 0 Å². The van der Waals surface area contributed by atoms with Crippen molar-refractivity contribution >= 4 is 13.7 Å². The van der Waals surface area contributed by atoms with Gasteiger partial charge in [0.2, 0.25) is 5.91 Å². The number of aliphatic hydroxyl groups excluding tert-OH is 1. The van der Waals surface area contributed by atoms with E-state index in [9.17, 15) is 19.4 Å². The van der Waals surface area contributed by atoms with Crippen molar-refractivity contribution in [2.75, 3.05) is 40.9 Å². The van der Waals surface area contributed by atoms with E-state index in [2.05, 4.69) is 92.1 Å². The van der Waals surface area contributed by atoms with Gasteiger partial charge in [0.1, 0.15) is 13.2 Å². The molecule has 0 rings (SSSR count). The number of amides is 1. The van der Waals surface area contributed by atoms with E-state index >= 15 is 0 Å². The summed E-state index contributed by atoms with van der Waals surface area (Å²) in [5.74, 6) is -0.194. The van der Waals surface area contributed by atoms with Crippen LogP contribution in [0.5, 0.6) is 0 Å². The van der Waals surface area contributed by atoms with Crippen LogP contribution in [0.2, 0.25) is 0 Å². The van der Waals surface area contributed by atoms with Gasteiger partial charge in [0, 0.05) is 6.42 Å². The number of allylic oxidation sites excluding steroid dienone is 12. The van der Waals surface area contributed by atoms with E-state index in [1.54, 1.807) is 0 Å². The van der Waals surface area contributed by atoms with E-state index in [-0.39, 0.29) is 19.1 Å². The van der Waals surface area contributed by atoms with E-state index in [4.69, 9.17) is 9.05 Å². The Kier molecular flexibility index (Phi) is 37.0. The Hall–Kier alpha value is -2.06. The van der Waals surface area contributed by atoms with Crippen LogP contribution < -0.4 is 10.2 Å². The first kappa shape index (κ1) is 53.9. The molecule has 3 atom stereocenters. The topological polar surface area (TPSA) is 108 Å². The molecule has 56 heavy (non-hydrogen) atoms. The van der Waals surface area contributed by atoms with Gasteiger partial charge in [-0.1, -0.05) is 170 Å². The second kappa shape index (κ2) is 38.5. The summed E-state index contributed by atoms with van der Waals surface area (Å²) in [4.78, 5) is 25.3. The highest BCUT2D eigenvalue weighted by molar-refractivity contribution is 7.45. The van der Waals surface area contributed by atoms with Gasteiger partial charge in [-0.3, -0.25) is 9.36 Å². The molecule has 1 amide bonds. The van der Waals surface area contributed by atoms with Gasteiger partial charge in [-0.2, -0.15) is 0 Å². The first-order chi connectivity index (χ1) is 27.0. The quantitative estimate of drug-likeness (QED) is 0.0277. The summed E-state index contributed by atoms with van der Waals surface area (Å²) in [6.45, 7) is 4.55. The zero-order valence-electron chi connectivity index (χ0n) is 36.6. The molecule has 0 fully saturated rings. The lowest BCUT2D eigenvalue weighted by molar-refractivity contribution is -0.870. The van der Waals surface area contributed by atoms with E-state index in [1.807, 2.05) is 21.1 Å². The normalized spacial score (nSPS) is 15.1. The first-order valence-corrected chi connectivity index (χ1v) is 23.7. The van der Waals surface area contributed by atoms with Crippen LogP contribution in [0.15, 0.2) is 72.9 Å². The molecule has 0 radical (unpaired) electrons. The van der Waals surface area contributed by atoms with Crippen LogP contribution in [0.1, 0.15) is 168 Å². The van der Waals surface area contributed by atoms with Crippen molar-refractivity contribution in [2.24, 2.45) is 0 Å². The Balaban J connectivity index is 4.38. The molecule has 0 aliphatic heterocycles. The van der Waals surface area contributed by atoms with Gasteiger partial charge in [-0.15, -0.1) is 0 Å². The number of carbonyl (C=O) groups excluding carboxylic acids is 1. The molecule has 0 aliphatic rings. The lowest BCUT2D eigenvalue weighted by atomic mass is 10.0. The molecule has 0 aromatic heterocycles. The third-order valence-electron chi connectivity index (χ3n) is 9.46. The summed E-state index contributed by atoms with van der Waals surface area (Å²) in [6, 6.07) is -0.817. The predicted molar refractivity (Wildman–Crippen MR) is 237 cm³/mol. The highest BCUT2D eigenvalue weighted by Crippen LogP contribution is 2.38. The molecule has 9 heteroatoms. The zero-order chi connectivity index (χ0) is 41.4. The van der Waals surface area contributed by atoms with Crippen molar-refractivity contribution < 1.29 is 32.9 Å². The number of phosphoric acid groups is 1. The number of hydrogen-bond acceptors (Lipinski definition) is 6. The molecule has 0 aromatic rings. The number of hydrogen-bond donors (Lipinski definition) is 2. The van der Waals surface area contributed by atoms with Gasteiger partial charge in [0.15, 0.2) is 0 Å². The van der Waals surface area contributed by atoms with Gasteiger partial charge >= 0.3 is 0 Å². The second-order valence-electron chi connectivity index (χ2n) is 16.0. The smallest absolute Gasteiger partial charge is 0.268 e. The molecule has 2 N–H and O–H groups in total. The number of aliphatic hydroxyl groups is 1. The van der Waals surface area contributed by atoms with Crippen LogP contribution in [0.4, 0.5) is 0 Å². The Morgan fingerprint density at radius 1 is 0.643 bits per heavy atom. The number of unbranched alkanes of at least 4 members (excludes halogenated alkanes) is 14.